The first-order valence-electron chi connectivity index (χ1n) is 8.18. The second kappa shape index (κ2) is 8.64. The van der Waals surface area contributed by atoms with Gasteiger partial charge in [-0.15, -0.1) is 0 Å². The fourth-order valence-electron chi connectivity index (χ4n) is 3.07. The molecular weight excluding hydrogens is 252 g/mol. The molecule has 3 rings (SSSR count). The zero-order chi connectivity index (χ0) is 14.3. The molecule has 0 aliphatic heterocycles. The summed E-state index contributed by atoms with van der Waals surface area (Å²) in [6.07, 6.45) is 10.3. The van der Waals surface area contributed by atoms with Gasteiger partial charge in [0.1, 0.15) is 0 Å². The van der Waals surface area contributed by atoms with Gasteiger partial charge >= 0.3 is 0 Å². The molecule has 1 aromatic rings. The fraction of sp³-hybridized carbons (Fsp3) is 0.667. The highest BCUT2D eigenvalue weighted by Gasteiger charge is 2.20. The summed E-state index contributed by atoms with van der Waals surface area (Å²) < 4.78 is 0. The van der Waals surface area contributed by atoms with Crippen LogP contribution >= 0.6 is 11.6 Å². The van der Waals surface area contributed by atoms with Gasteiger partial charge in [0, 0.05) is 7.88 Å². The highest BCUT2D eigenvalue weighted by Crippen LogP contribution is 2.36. The summed E-state index contributed by atoms with van der Waals surface area (Å²) in [5, 5.41) is 1.13. The lowest BCUT2D eigenvalue weighted by Crippen LogP contribution is -2.11. The molecular formula is C18H33Cl. The van der Waals surface area contributed by atoms with Crippen LogP contribution in [0, 0.1) is 0 Å². The van der Waals surface area contributed by atoms with Crippen LogP contribution in [0.4, 0.5) is 0 Å². The second-order valence-electron chi connectivity index (χ2n) is 4.88. The van der Waals surface area contributed by atoms with Crippen LogP contribution in [-0.4, -0.2) is 0 Å². The van der Waals surface area contributed by atoms with Gasteiger partial charge < -0.3 is 0 Å². The monoisotopic (exact) mass is 284 g/mol. The molecule has 0 aromatic heterocycles. The van der Waals surface area contributed by atoms with Crippen molar-refractivity contribution >= 4 is 11.6 Å². The molecule has 0 N–H and O–H groups in total. The number of fused-ring (bicyclic) bond motifs is 2. The van der Waals surface area contributed by atoms with E-state index in [0.29, 0.717) is 0 Å². The van der Waals surface area contributed by atoms with Gasteiger partial charge in [0.25, 0.3) is 0 Å². The molecule has 0 spiro atoms. The number of rotatable bonds is 0. The first-order valence-corrected chi connectivity index (χ1v) is 8.56. The van der Waals surface area contributed by atoms with Crippen molar-refractivity contribution in [3.8, 4) is 0 Å². The molecule has 2 aliphatic rings. The van der Waals surface area contributed by atoms with Gasteiger partial charge in [-0.1, -0.05) is 45.4 Å². The molecule has 0 amide bonds. The number of hydrogen-bond donors (Lipinski definition) is 0. The predicted molar refractivity (Wildman–Crippen MR) is 91.7 cm³/mol. The van der Waals surface area contributed by atoms with Gasteiger partial charge in [0.05, 0.1) is 0 Å². The Bertz CT molecular complexity index is 368. The van der Waals surface area contributed by atoms with Crippen molar-refractivity contribution in [3.63, 3.8) is 0 Å². The van der Waals surface area contributed by atoms with Crippen molar-refractivity contribution in [3.05, 3.63) is 33.3 Å². The third kappa shape index (κ3) is 3.75. The van der Waals surface area contributed by atoms with E-state index in [1.165, 1.54) is 62.5 Å². The Morgan fingerprint density at radius 3 is 1.53 bits per heavy atom. The molecule has 0 unspecified atom stereocenters. The maximum absolute atomic E-state index is 6.54. The third-order valence-corrected chi connectivity index (χ3v) is 4.36. The quantitative estimate of drug-likeness (QED) is 0.501. The molecule has 1 heteroatoms. The Morgan fingerprint density at radius 1 is 0.737 bits per heavy atom. The molecule has 1 aromatic carbocycles. The van der Waals surface area contributed by atoms with E-state index in [9.17, 15) is 0 Å². The molecule has 0 saturated carbocycles. The van der Waals surface area contributed by atoms with E-state index < -0.39 is 0 Å². The average Bonchev–Trinajstić information content (AvgIpc) is 2.52. The Kier molecular flexibility index (Phi) is 7.53. The van der Waals surface area contributed by atoms with Crippen LogP contribution in [0.15, 0.2) is 6.07 Å². The zero-order valence-corrected chi connectivity index (χ0v) is 13.9. The summed E-state index contributed by atoms with van der Waals surface area (Å²) in [6, 6.07) is 2.45. The minimum Gasteiger partial charge on any atom is -0.0837 e. The first-order chi connectivity index (χ1) is 9.36. The summed E-state index contributed by atoms with van der Waals surface area (Å²) in [4.78, 5) is 0. The first kappa shape index (κ1) is 16.6. The van der Waals surface area contributed by atoms with Gasteiger partial charge in [-0.05, 0) is 73.6 Å². The molecule has 0 radical (unpaired) electrons. The van der Waals surface area contributed by atoms with E-state index in [0.717, 1.165) is 5.02 Å². The van der Waals surface area contributed by atoms with Gasteiger partial charge in [0.15, 0.2) is 0 Å². The predicted octanol–water partition coefficient (Wildman–Crippen LogP) is 6.64. The maximum atomic E-state index is 6.54. The van der Waals surface area contributed by atoms with Gasteiger partial charge in [-0.25, -0.2) is 0 Å². The standard InChI is InChI=1S/C14H17Cl.2C2H6.2H2/c15-14-12-7-3-1-5-10(12)9-11-6-2-4-8-13(11)14;2*1-2;;/h9H,1-8H2;2*1-2H3;2*1H. The minimum absolute atomic E-state index is 0. The number of hydrogen-bond acceptors (Lipinski definition) is 0. The van der Waals surface area contributed by atoms with Crippen LogP contribution in [0.1, 0.15) is 78.5 Å². The van der Waals surface area contributed by atoms with Crippen molar-refractivity contribution in [2.45, 2.75) is 79.1 Å². The molecule has 112 valence electrons. The van der Waals surface area contributed by atoms with Crippen molar-refractivity contribution in [1.29, 1.82) is 0 Å². The van der Waals surface area contributed by atoms with Gasteiger partial charge in [-0.3, -0.25) is 0 Å². The van der Waals surface area contributed by atoms with Gasteiger partial charge in [-0.2, -0.15) is 0 Å². The molecule has 0 heterocycles. The molecule has 0 saturated heterocycles. The smallest absolute Gasteiger partial charge is 0.0475 e. The van der Waals surface area contributed by atoms with E-state index in [-0.39, 0.29) is 2.85 Å². The summed E-state index contributed by atoms with van der Waals surface area (Å²) in [5.41, 5.74) is 6.05. The average molecular weight is 285 g/mol. The van der Waals surface area contributed by atoms with Crippen molar-refractivity contribution < 1.29 is 2.85 Å². The normalized spacial score (nSPS) is 16.1. The van der Waals surface area contributed by atoms with Crippen LogP contribution in [-0.2, 0) is 25.7 Å². The molecule has 0 nitrogen and oxygen atoms in total. The molecule has 2 aliphatic carbocycles. The molecule has 0 atom stereocenters. The lowest BCUT2D eigenvalue weighted by molar-refractivity contribution is 0.658. The summed E-state index contributed by atoms with van der Waals surface area (Å²) >= 11 is 6.54. The SMILES string of the molecule is CC.CC.Clc1c2c(cc3c1CCCC3)CCCC2.[HH].[HH]. The van der Waals surface area contributed by atoms with Crippen LogP contribution in [0.5, 0.6) is 0 Å². The summed E-state index contributed by atoms with van der Waals surface area (Å²) in [6.45, 7) is 8.00. The Hall–Kier alpha value is -0.490. The van der Waals surface area contributed by atoms with E-state index in [1.807, 2.05) is 27.7 Å². The van der Waals surface area contributed by atoms with Crippen molar-refractivity contribution in [1.82, 2.24) is 0 Å². The Morgan fingerprint density at radius 2 is 1.11 bits per heavy atom. The second-order valence-corrected chi connectivity index (χ2v) is 5.26. The van der Waals surface area contributed by atoms with Crippen molar-refractivity contribution in [2.24, 2.45) is 0 Å². The fourth-order valence-corrected chi connectivity index (χ4v) is 3.50. The highest BCUT2D eigenvalue weighted by molar-refractivity contribution is 6.32. The largest absolute Gasteiger partial charge is 0.0837 e. The van der Waals surface area contributed by atoms with E-state index in [4.69, 9.17) is 11.6 Å². The summed E-state index contributed by atoms with van der Waals surface area (Å²) in [5.74, 6) is 0. The molecule has 19 heavy (non-hydrogen) atoms. The van der Waals surface area contributed by atoms with Crippen LogP contribution in [0.3, 0.4) is 0 Å². The van der Waals surface area contributed by atoms with E-state index in [1.54, 1.807) is 11.1 Å². The zero-order valence-electron chi connectivity index (χ0n) is 13.1. The lowest BCUT2D eigenvalue weighted by Gasteiger charge is -2.24. The van der Waals surface area contributed by atoms with Crippen molar-refractivity contribution in [2.75, 3.05) is 0 Å². The van der Waals surface area contributed by atoms with Crippen LogP contribution in [0.25, 0.3) is 0 Å². The number of benzene rings is 1. The Balaban J connectivity index is 0. The lowest BCUT2D eigenvalue weighted by atomic mass is 9.83. The van der Waals surface area contributed by atoms with Crippen LogP contribution in [0.2, 0.25) is 5.02 Å². The number of aryl methyl sites for hydroxylation is 2. The number of halogens is 1. The van der Waals surface area contributed by atoms with Gasteiger partial charge in [0.2, 0.25) is 0 Å². The maximum Gasteiger partial charge on any atom is 0.0475 e. The summed E-state index contributed by atoms with van der Waals surface area (Å²) in [7, 11) is 0. The van der Waals surface area contributed by atoms with E-state index >= 15 is 0 Å². The van der Waals surface area contributed by atoms with Crippen LogP contribution < -0.4 is 0 Å². The third-order valence-electron chi connectivity index (χ3n) is 3.90. The van der Waals surface area contributed by atoms with E-state index in [2.05, 4.69) is 6.07 Å². The Labute approximate surface area is 127 Å². The molecule has 0 fully saturated rings. The minimum atomic E-state index is 0. The topological polar surface area (TPSA) is 0 Å². The highest BCUT2D eigenvalue weighted by atomic mass is 35.5. The molecule has 0 bridgehead atoms.